The summed E-state index contributed by atoms with van der Waals surface area (Å²) in [6.45, 7) is -0.0439. The highest BCUT2D eigenvalue weighted by Gasteiger charge is 2.25. The molecule has 2 N–H and O–H groups in total. The number of carbonyl (C=O) groups is 3. The largest absolute Gasteiger partial charge is 0.467 e. The van der Waals surface area contributed by atoms with E-state index in [0.29, 0.717) is 12.0 Å². The second-order valence-corrected chi connectivity index (χ2v) is 6.54. The summed E-state index contributed by atoms with van der Waals surface area (Å²) in [5, 5.41) is 5.11. The fraction of sp³-hybridized carbons (Fsp3) is 0.227. The van der Waals surface area contributed by atoms with Crippen LogP contribution < -0.4 is 10.6 Å². The van der Waals surface area contributed by atoms with Crippen LogP contribution in [-0.4, -0.2) is 37.7 Å². The molecule has 1 aliphatic carbocycles. The molecule has 1 unspecified atom stereocenters. The molecule has 0 aliphatic heterocycles. The van der Waals surface area contributed by atoms with Crippen molar-refractivity contribution in [1.82, 2.24) is 10.6 Å². The van der Waals surface area contributed by atoms with E-state index in [9.17, 15) is 14.4 Å². The van der Waals surface area contributed by atoms with E-state index in [2.05, 4.69) is 10.6 Å². The Morgan fingerprint density at radius 3 is 2.48 bits per heavy atom. The third-order valence-corrected chi connectivity index (χ3v) is 4.51. The number of nitrogens with one attached hydrogen (secondary N) is 2. The molecule has 3 rings (SSSR count). The van der Waals surface area contributed by atoms with Crippen LogP contribution in [0.1, 0.15) is 16.7 Å². The van der Waals surface area contributed by atoms with E-state index < -0.39 is 18.1 Å². The summed E-state index contributed by atoms with van der Waals surface area (Å²) in [5.41, 5.74) is 3.49. The number of methoxy groups -OCH3 is 1. The number of carbonyl (C=O) groups excluding carboxylic acids is 3. The van der Waals surface area contributed by atoms with E-state index in [1.807, 2.05) is 60.7 Å². The Labute approximate surface area is 168 Å². The molecule has 150 valence electrons. The number of amides is 2. The van der Waals surface area contributed by atoms with Gasteiger partial charge < -0.3 is 20.1 Å². The fourth-order valence-corrected chi connectivity index (χ4v) is 2.98. The highest BCUT2D eigenvalue weighted by molar-refractivity contribution is 6.00. The molecule has 1 aliphatic rings. The van der Waals surface area contributed by atoms with Crippen LogP contribution in [0.3, 0.4) is 0 Å². The van der Waals surface area contributed by atoms with Gasteiger partial charge in [0, 0.05) is 18.5 Å². The van der Waals surface area contributed by atoms with Crippen molar-refractivity contribution in [2.75, 3.05) is 13.7 Å². The van der Waals surface area contributed by atoms with Crippen LogP contribution in [-0.2, 0) is 32.1 Å². The van der Waals surface area contributed by atoms with Gasteiger partial charge in [-0.2, -0.15) is 0 Å². The van der Waals surface area contributed by atoms with Crippen LogP contribution in [0.5, 0.6) is 0 Å². The minimum Gasteiger partial charge on any atom is -0.467 e. The normalized spacial score (nSPS) is 12.9. The zero-order chi connectivity index (χ0) is 20.6. The minimum atomic E-state index is -1.06. The van der Waals surface area contributed by atoms with Crippen molar-refractivity contribution in [2.45, 2.75) is 19.1 Å². The van der Waals surface area contributed by atoms with E-state index in [1.54, 1.807) is 0 Å². The number of hydrogen-bond acceptors (Lipinski definition) is 5. The van der Waals surface area contributed by atoms with Crippen LogP contribution >= 0.6 is 0 Å². The first-order valence-electron chi connectivity index (χ1n) is 9.18. The smallest absolute Gasteiger partial charge is 0.408 e. The minimum absolute atomic E-state index is 0.0675. The molecule has 0 spiro atoms. The van der Waals surface area contributed by atoms with Gasteiger partial charge in [-0.3, -0.25) is 4.79 Å². The number of fused-ring (bicyclic) bond motifs is 1. The summed E-state index contributed by atoms with van der Waals surface area (Å²) < 4.78 is 9.83. The summed E-state index contributed by atoms with van der Waals surface area (Å²) in [7, 11) is 1.21. The summed E-state index contributed by atoms with van der Waals surface area (Å²) in [6.07, 6.45) is 1.57. The lowest BCUT2D eigenvalue weighted by atomic mass is 10.1. The average Bonchev–Trinajstić information content (AvgIpc) is 3.19. The lowest BCUT2D eigenvalue weighted by Gasteiger charge is -2.17. The molecule has 0 bridgehead atoms. The number of hydrogen-bond donors (Lipinski definition) is 2. The van der Waals surface area contributed by atoms with Gasteiger partial charge in [-0.15, -0.1) is 0 Å². The van der Waals surface area contributed by atoms with Crippen molar-refractivity contribution in [1.29, 1.82) is 0 Å². The zero-order valence-corrected chi connectivity index (χ0v) is 16.0. The maximum absolute atomic E-state index is 12.5. The number of esters is 1. The Morgan fingerprint density at radius 2 is 1.76 bits per heavy atom. The highest BCUT2D eigenvalue weighted by Crippen LogP contribution is 2.24. The molecule has 29 heavy (non-hydrogen) atoms. The van der Waals surface area contributed by atoms with Crippen molar-refractivity contribution in [3.63, 3.8) is 0 Å². The predicted molar refractivity (Wildman–Crippen MR) is 107 cm³/mol. The van der Waals surface area contributed by atoms with Crippen LogP contribution in [0, 0.1) is 0 Å². The van der Waals surface area contributed by atoms with E-state index in [1.165, 1.54) is 7.11 Å². The summed E-state index contributed by atoms with van der Waals surface area (Å²) in [5.74, 6) is -0.972. The van der Waals surface area contributed by atoms with Gasteiger partial charge in [-0.1, -0.05) is 54.6 Å². The highest BCUT2D eigenvalue weighted by atomic mass is 16.6. The third kappa shape index (κ3) is 5.44. The molecular weight excluding hydrogens is 372 g/mol. The van der Waals surface area contributed by atoms with Gasteiger partial charge in [0.2, 0.25) is 5.91 Å². The van der Waals surface area contributed by atoms with Crippen LogP contribution in [0.2, 0.25) is 0 Å². The van der Waals surface area contributed by atoms with Crippen LogP contribution in [0.25, 0.3) is 6.08 Å². The number of benzene rings is 2. The van der Waals surface area contributed by atoms with E-state index in [4.69, 9.17) is 9.47 Å². The van der Waals surface area contributed by atoms with Gasteiger partial charge in [-0.05, 0) is 22.8 Å². The summed E-state index contributed by atoms with van der Waals surface area (Å²) >= 11 is 0. The van der Waals surface area contributed by atoms with E-state index in [0.717, 1.165) is 16.7 Å². The van der Waals surface area contributed by atoms with E-state index in [-0.39, 0.29) is 19.1 Å². The molecule has 7 heteroatoms. The molecule has 2 amide bonds. The maximum Gasteiger partial charge on any atom is 0.408 e. The molecular formula is C22H22N2O5. The molecule has 0 saturated heterocycles. The molecule has 0 aromatic heterocycles. The first-order valence-corrected chi connectivity index (χ1v) is 9.18. The predicted octanol–water partition coefficient (Wildman–Crippen LogP) is 2.21. The zero-order valence-electron chi connectivity index (χ0n) is 16.0. The molecule has 7 nitrogen and oxygen atoms in total. The molecule has 0 fully saturated rings. The summed E-state index contributed by atoms with van der Waals surface area (Å²) in [4.78, 5) is 36.5. The van der Waals surface area contributed by atoms with Crippen molar-refractivity contribution in [3.8, 4) is 0 Å². The Morgan fingerprint density at radius 1 is 1.03 bits per heavy atom. The quantitative estimate of drug-likeness (QED) is 0.703. The number of rotatable bonds is 7. The third-order valence-electron chi connectivity index (χ3n) is 4.51. The van der Waals surface area contributed by atoms with Gasteiger partial charge in [0.15, 0.2) is 0 Å². The Hall–Kier alpha value is -3.61. The van der Waals surface area contributed by atoms with Gasteiger partial charge in [0.05, 0.1) is 7.11 Å². The molecule has 0 saturated carbocycles. The van der Waals surface area contributed by atoms with Crippen LogP contribution in [0.4, 0.5) is 4.79 Å². The maximum atomic E-state index is 12.5. The number of ether oxygens (including phenoxy) is 2. The van der Waals surface area contributed by atoms with Gasteiger partial charge in [0.25, 0.3) is 0 Å². The van der Waals surface area contributed by atoms with Crippen molar-refractivity contribution in [2.24, 2.45) is 0 Å². The first-order chi connectivity index (χ1) is 14.1. The topological polar surface area (TPSA) is 93.7 Å². The van der Waals surface area contributed by atoms with E-state index >= 15 is 0 Å². The Bertz CT molecular complexity index is 924. The molecule has 2 aromatic rings. The summed E-state index contributed by atoms with van der Waals surface area (Å²) in [6, 6.07) is 15.8. The lowest BCUT2D eigenvalue weighted by Crippen LogP contribution is -2.49. The van der Waals surface area contributed by atoms with Gasteiger partial charge in [0.1, 0.15) is 12.6 Å². The standard InChI is InChI=1S/C22H22N2O5/c1-28-21(26)19(24-22(27)29-14-15-7-3-2-4-8-15)13-23-20(25)18-11-16-9-5-6-10-17(16)12-18/h2-11,19H,12-14H2,1H3,(H,23,25)(H,24,27). The van der Waals surface area contributed by atoms with Crippen molar-refractivity contribution >= 4 is 24.0 Å². The monoisotopic (exact) mass is 394 g/mol. The molecule has 0 radical (unpaired) electrons. The van der Waals surface area contributed by atoms with Crippen LogP contribution in [0.15, 0.2) is 60.2 Å². The first kappa shape index (κ1) is 20.1. The lowest BCUT2D eigenvalue weighted by molar-refractivity contribution is -0.142. The average molecular weight is 394 g/mol. The number of alkyl carbamates (subject to hydrolysis) is 1. The second-order valence-electron chi connectivity index (χ2n) is 6.54. The SMILES string of the molecule is COC(=O)C(CNC(=O)C1=Cc2ccccc2C1)NC(=O)OCc1ccccc1. The Kier molecular flexibility index (Phi) is 6.63. The fourth-order valence-electron chi connectivity index (χ4n) is 2.98. The molecule has 2 aromatic carbocycles. The second kappa shape index (κ2) is 9.54. The van der Waals surface area contributed by atoms with Gasteiger partial charge in [-0.25, -0.2) is 9.59 Å². The van der Waals surface area contributed by atoms with Crippen molar-refractivity contribution in [3.05, 3.63) is 76.9 Å². The van der Waals surface area contributed by atoms with Gasteiger partial charge >= 0.3 is 12.1 Å². The Balaban J connectivity index is 1.52. The van der Waals surface area contributed by atoms with Crippen molar-refractivity contribution < 1.29 is 23.9 Å². The molecule has 1 atom stereocenters. The molecule has 0 heterocycles.